The van der Waals surface area contributed by atoms with Crippen molar-refractivity contribution in [2.45, 2.75) is 33.2 Å². The second-order valence-electron chi connectivity index (χ2n) is 6.76. The fraction of sp³-hybridized carbons (Fsp3) is 0.300. The number of nitrogens with zero attached hydrogens (tertiary/aromatic N) is 4. The van der Waals surface area contributed by atoms with Crippen molar-refractivity contribution in [3.05, 3.63) is 64.4 Å². The zero-order valence-electron chi connectivity index (χ0n) is 16.1. The fourth-order valence-corrected chi connectivity index (χ4v) is 3.24. The highest BCUT2D eigenvalue weighted by molar-refractivity contribution is 5.98. The molecular formula is C20H22FN5O2. The van der Waals surface area contributed by atoms with Gasteiger partial charge < -0.3 is 10.6 Å². The van der Waals surface area contributed by atoms with Crippen LogP contribution in [0.3, 0.4) is 0 Å². The Bertz CT molecular complexity index is 1060. The van der Waals surface area contributed by atoms with Crippen LogP contribution in [0.1, 0.15) is 39.3 Å². The lowest BCUT2D eigenvalue weighted by atomic mass is 10.1. The van der Waals surface area contributed by atoms with Crippen LogP contribution in [0, 0.1) is 19.7 Å². The molecule has 0 spiro atoms. The highest BCUT2D eigenvalue weighted by atomic mass is 19.1. The standard InChI is InChI=1S/C20H22FN5O2/c1-12-15(13(2)26-20(24-12)16(10-23-26)19(22)28)8-9-18(27)25(3)11-14-6-4-5-7-17(14)21/h4-7,10H,8-9,11H2,1-3H3,(H2,22,28). The van der Waals surface area contributed by atoms with E-state index in [1.165, 1.54) is 17.2 Å². The Hall–Kier alpha value is -3.29. The average Bonchev–Trinajstić information content (AvgIpc) is 3.07. The van der Waals surface area contributed by atoms with Crippen molar-refractivity contribution in [1.29, 1.82) is 0 Å². The van der Waals surface area contributed by atoms with E-state index in [1.807, 2.05) is 13.8 Å². The first kappa shape index (κ1) is 19.5. The third kappa shape index (κ3) is 3.71. The predicted molar refractivity (Wildman–Crippen MR) is 102 cm³/mol. The highest BCUT2D eigenvalue weighted by Gasteiger charge is 2.18. The molecule has 3 rings (SSSR count). The van der Waals surface area contributed by atoms with Gasteiger partial charge in [-0.25, -0.2) is 13.9 Å². The molecule has 146 valence electrons. The first-order valence-corrected chi connectivity index (χ1v) is 8.90. The summed E-state index contributed by atoms with van der Waals surface area (Å²) in [6.07, 6.45) is 2.12. The molecule has 1 aromatic carbocycles. The SMILES string of the molecule is Cc1nc2c(C(N)=O)cnn2c(C)c1CCC(=O)N(C)Cc1ccccc1F. The van der Waals surface area contributed by atoms with Crippen molar-refractivity contribution < 1.29 is 14.0 Å². The summed E-state index contributed by atoms with van der Waals surface area (Å²) in [5, 5.41) is 4.19. The van der Waals surface area contributed by atoms with Gasteiger partial charge in [0.2, 0.25) is 5.91 Å². The number of benzene rings is 1. The van der Waals surface area contributed by atoms with Crippen molar-refractivity contribution in [3.8, 4) is 0 Å². The van der Waals surface area contributed by atoms with Gasteiger partial charge in [-0.15, -0.1) is 0 Å². The molecule has 7 nitrogen and oxygen atoms in total. The van der Waals surface area contributed by atoms with Gasteiger partial charge in [0.25, 0.3) is 5.91 Å². The van der Waals surface area contributed by atoms with E-state index >= 15 is 0 Å². The van der Waals surface area contributed by atoms with Crippen LogP contribution in [0.2, 0.25) is 0 Å². The molecule has 0 saturated heterocycles. The van der Waals surface area contributed by atoms with Gasteiger partial charge in [-0.05, 0) is 31.9 Å². The molecule has 0 atom stereocenters. The van der Waals surface area contributed by atoms with E-state index in [9.17, 15) is 14.0 Å². The van der Waals surface area contributed by atoms with Crippen LogP contribution < -0.4 is 5.73 Å². The largest absolute Gasteiger partial charge is 0.365 e. The molecule has 28 heavy (non-hydrogen) atoms. The summed E-state index contributed by atoms with van der Waals surface area (Å²) in [5.41, 5.74) is 8.92. The average molecular weight is 383 g/mol. The minimum atomic E-state index is -0.584. The second-order valence-corrected chi connectivity index (χ2v) is 6.76. The van der Waals surface area contributed by atoms with Gasteiger partial charge in [0.05, 0.1) is 6.20 Å². The summed E-state index contributed by atoms with van der Waals surface area (Å²) >= 11 is 0. The molecule has 0 radical (unpaired) electrons. The van der Waals surface area contributed by atoms with Gasteiger partial charge in [-0.3, -0.25) is 9.59 Å². The molecule has 0 aliphatic carbocycles. The van der Waals surface area contributed by atoms with Gasteiger partial charge in [0.15, 0.2) is 5.65 Å². The maximum atomic E-state index is 13.8. The minimum Gasteiger partial charge on any atom is -0.365 e. The molecular weight excluding hydrogens is 361 g/mol. The Morgan fingerprint density at radius 2 is 1.96 bits per heavy atom. The normalized spacial score (nSPS) is 11.0. The Labute approximate surface area is 162 Å². The second kappa shape index (κ2) is 7.75. The number of fused-ring (bicyclic) bond motifs is 1. The lowest BCUT2D eigenvalue weighted by molar-refractivity contribution is -0.130. The van der Waals surface area contributed by atoms with Crippen molar-refractivity contribution in [2.75, 3.05) is 7.05 Å². The zero-order chi connectivity index (χ0) is 20.4. The van der Waals surface area contributed by atoms with E-state index in [-0.39, 0.29) is 30.3 Å². The van der Waals surface area contributed by atoms with Crippen LogP contribution in [0.4, 0.5) is 4.39 Å². The van der Waals surface area contributed by atoms with E-state index in [4.69, 9.17) is 5.73 Å². The topological polar surface area (TPSA) is 93.6 Å². The Morgan fingerprint density at radius 1 is 1.25 bits per heavy atom. The number of aryl methyl sites for hydroxylation is 2. The van der Waals surface area contributed by atoms with Crippen molar-refractivity contribution in [3.63, 3.8) is 0 Å². The van der Waals surface area contributed by atoms with Crippen LogP contribution in [0.25, 0.3) is 5.65 Å². The fourth-order valence-electron chi connectivity index (χ4n) is 3.24. The molecule has 0 unspecified atom stereocenters. The summed E-state index contributed by atoms with van der Waals surface area (Å²) in [6, 6.07) is 6.41. The number of aromatic nitrogens is 3. The molecule has 2 amide bonds. The summed E-state index contributed by atoms with van der Waals surface area (Å²) < 4.78 is 15.4. The number of halogens is 1. The number of hydrogen-bond donors (Lipinski definition) is 1. The number of rotatable bonds is 6. The molecule has 0 aliphatic heterocycles. The smallest absolute Gasteiger partial charge is 0.254 e. The van der Waals surface area contributed by atoms with E-state index in [1.54, 1.807) is 29.8 Å². The van der Waals surface area contributed by atoms with Crippen LogP contribution in [0.15, 0.2) is 30.5 Å². The minimum absolute atomic E-state index is 0.0968. The lowest BCUT2D eigenvalue weighted by Crippen LogP contribution is -2.27. The molecule has 2 aromatic heterocycles. The van der Waals surface area contributed by atoms with Gasteiger partial charge >= 0.3 is 0 Å². The zero-order valence-corrected chi connectivity index (χ0v) is 16.1. The van der Waals surface area contributed by atoms with Gasteiger partial charge in [-0.2, -0.15) is 5.10 Å². The van der Waals surface area contributed by atoms with Crippen LogP contribution in [-0.4, -0.2) is 38.4 Å². The molecule has 0 fully saturated rings. The molecule has 0 saturated carbocycles. The quantitative estimate of drug-likeness (QED) is 0.706. The first-order valence-electron chi connectivity index (χ1n) is 8.90. The summed E-state index contributed by atoms with van der Waals surface area (Å²) in [4.78, 5) is 30.0. The van der Waals surface area contributed by atoms with E-state index in [0.717, 1.165) is 17.0 Å². The molecule has 0 bridgehead atoms. The number of nitrogens with two attached hydrogens (primary N) is 1. The van der Waals surface area contributed by atoms with Crippen LogP contribution >= 0.6 is 0 Å². The van der Waals surface area contributed by atoms with Gasteiger partial charge in [0.1, 0.15) is 11.4 Å². The predicted octanol–water partition coefficient (Wildman–Crippen LogP) is 2.18. The van der Waals surface area contributed by atoms with E-state index < -0.39 is 5.91 Å². The third-order valence-electron chi connectivity index (χ3n) is 4.85. The number of carbonyl (C=O) groups excluding carboxylic acids is 2. The van der Waals surface area contributed by atoms with E-state index in [0.29, 0.717) is 17.6 Å². The number of carbonyl (C=O) groups is 2. The molecule has 2 heterocycles. The third-order valence-corrected chi connectivity index (χ3v) is 4.85. The number of amides is 2. The van der Waals surface area contributed by atoms with Crippen molar-refractivity contribution in [2.24, 2.45) is 5.73 Å². The summed E-state index contributed by atoms with van der Waals surface area (Å²) in [5.74, 6) is -1.01. The molecule has 3 aromatic rings. The van der Waals surface area contributed by atoms with Gasteiger partial charge in [-0.1, -0.05) is 18.2 Å². The van der Waals surface area contributed by atoms with E-state index in [2.05, 4.69) is 10.1 Å². The Kier molecular flexibility index (Phi) is 5.39. The maximum absolute atomic E-state index is 13.8. The first-order chi connectivity index (χ1) is 13.3. The summed E-state index contributed by atoms with van der Waals surface area (Å²) in [6.45, 7) is 3.90. The lowest BCUT2D eigenvalue weighted by Gasteiger charge is -2.18. The van der Waals surface area contributed by atoms with Gasteiger partial charge in [0, 0.05) is 37.0 Å². The Morgan fingerprint density at radius 3 is 2.64 bits per heavy atom. The van der Waals surface area contributed by atoms with Crippen LogP contribution in [0.5, 0.6) is 0 Å². The monoisotopic (exact) mass is 383 g/mol. The molecule has 2 N–H and O–H groups in total. The summed E-state index contributed by atoms with van der Waals surface area (Å²) in [7, 11) is 1.66. The van der Waals surface area contributed by atoms with Crippen molar-refractivity contribution >= 4 is 17.5 Å². The van der Waals surface area contributed by atoms with Crippen molar-refractivity contribution in [1.82, 2.24) is 19.5 Å². The number of primary amides is 1. The highest BCUT2D eigenvalue weighted by Crippen LogP contribution is 2.19. The maximum Gasteiger partial charge on any atom is 0.254 e. The number of hydrogen-bond acceptors (Lipinski definition) is 4. The Balaban J connectivity index is 1.75. The molecule has 8 heteroatoms. The molecule has 0 aliphatic rings. The van der Waals surface area contributed by atoms with Crippen LogP contribution in [-0.2, 0) is 17.8 Å².